The predicted octanol–water partition coefficient (Wildman–Crippen LogP) is 14.3. The van der Waals surface area contributed by atoms with E-state index in [0.29, 0.717) is 5.71 Å². The van der Waals surface area contributed by atoms with Gasteiger partial charge in [0.15, 0.2) is 0 Å². The maximum absolute atomic E-state index is 7.35. The van der Waals surface area contributed by atoms with Crippen LogP contribution in [0.25, 0.3) is 5.57 Å². The third kappa shape index (κ3) is 24.9. The molecule has 1 heteroatoms. The molecule has 0 bridgehead atoms. The molecule has 0 aliphatic heterocycles. The van der Waals surface area contributed by atoms with E-state index in [1.165, 1.54) is 40.7 Å². The molecular formula is C38H75N. The standard InChI is InChI=1S/C17H26.C11H19N.5C2H6/c1-7-9-13(4)16(8-2)17-11-12(3)10-14(5)15(17)6;1-8(10(3)12)7-9(2)11(4,5)6;5*1-2/h10-11H,7-9H2,1-6H3;7,12H,1H2,2-6H3;5*1-2H3/b16-13+;9-7+,12-10?;;;;;. The first kappa shape index (κ1) is 50.0. The molecular weight excluding hydrogens is 470 g/mol. The number of nitrogens with one attached hydrogen (secondary N) is 1. The molecule has 0 radical (unpaired) electrons. The summed E-state index contributed by atoms with van der Waals surface area (Å²) in [6.45, 7) is 47.6. The van der Waals surface area contributed by atoms with Crippen LogP contribution in [0.5, 0.6) is 0 Å². The lowest BCUT2D eigenvalue weighted by atomic mass is 9.86. The largest absolute Gasteiger partial charge is 0.305 e. The second kappa shape index (κ2) is 32.3. The Kier molecular flexibility index (Phi) is 41.4. The Morgan fingerprint density at radius 2 is 1.21 bits per heavy atom. The van der Waals surface area contributed by atoms with E-state index in [4.69, 9.17) is 5.41 Å². The zero-order chi connectivity index (χ0) is 32.9. The molecule has 1 nitrogen and oxygen atoms in total. The van der Waals surface area contributed by atoms with Gasteiger partial charge in [-0.25, -0.2) is 0 Å². The van der Waals surface area contributed by atoms with Crippen molar-refractivity contribution in [1.82, 2.24) is 0 Å². The minimum absolute atomic E-state index is 0.179. The van der Waals surface area contributed by atoms with Gasteiger partial charge in [-0.1, -0.05) is 152 Å². The molecule has 39 heavy (non-hydrogen) atoms. The maximum atomic E-state index is 7.35. The molecule has 0 aliphatic rings. The van der Waals surface area contributed by atoms with Crippen LogP contribution in [0.3, 0.4) is 0 Å². The zero-order valence-corrected chi connectivity index (χ0v) is 31.1. The van der Waals surface area contributed by atoms with Crippen LogP contribution < -0.4 is 0 Å². The van der Waals surface area contributed by atoms with Gasteiger partial charge in [-0.2, -0.15) is 0 Å². The first-order valence-corrected chi connectivity index (χ1v) is 16.0. The van der Waals surface area contributed by atoms with Crippen molar-refractivity contribution in [3.63, 3.8) is 0 Å². The van der Waals surface area contributed by atoms with E-state index < -0.39 is 0 Å². The van der Waals surface area contributed by atoms with Gasteiger partial charge in [0.05, 0.1) is 0 Å². The van der Waals surface area contributed by atoms with E-state index in [2.05, 4.69) is 87.9 Å². The molecule has 0 saturated heterocycles. The quantitative estimate of drug-likeness (QED) is 0.271. The lowest BCUT2D eigenvalue weighted by Gasteiger charge is -2.19. The van der Waals surface area contributed by atoms with Gasteiger partial charge < -0.3 is 5.41 Å². The highest BCUT2D eigenvalue weighted by Crippen LogP contribution is 2.30. The maximum Gasteiger partial charge on any atom is 0.0349 e. The molecule has 232 valence electrons. The number of rotatable bonds is 6. The van der Waals surface area contributed by atoms with Gasteiger partial charge in [-0.05, 0) is 87.6 Å². The van der Waals surface area contributed by atoms with Crippen molar-refractivity contribution < 1.29 is 0 Å². The highest BCUT2D eigenvalue weighted by atomic mass is 14.4. The van der Waals surface area contributed by atoms with Gasteiger partial charge in [-0.15, -0.1) is 0 Å². The Bertz CT molecular complexity index is 780. The average Bonchev–Trinajstić information content (AvgIpc) is 2.93. The van der Waals surface area contributed by atoms with Crippen molar-refractivity contribution in [2.75, 3.05) is 0 Å². The Morgan fingerprint density at radius 3 is 1.51 bits per heavy atom. The van der Waals surface area contributed by atoms with Crippen LogP contribution in [0.4, 0.5) is 0 Å². The molecule has 1 N–H and O–H groups in total. The molecule has 1 rings (SSSR count). The van der Waals surface area contributed by atoms with Gasteiger partial charge in [-0.3, -0.25) is 0 Å². The van der Waals surface area contributed by atoms with Crippen molar-refractivity contribution in [2.24, 2.45) is 5.41 Å². The fraction of sp³-hybridized carbons (Fsp3) is 0.658. The summed E-state index contributed by atoms with van der Waals surface area (Å²) in [6, 6.07) is 4.63. The third-order valence-electron chi connectivity index (χ3n) is 5.69. The van der Waals surface area contributed by atoms with Crippen LogP contribution in [0.2, 0.25) is 0 Å². The first-order chi connectivity index (χ1) is 18.3. The number of hydrogen-bond acceptors (Lipinski definition) is 1. The summed E-state index contributed by atoms with van der Waals surface area (Å²) in [7, 11) is 0. The first-order valence-electron chi connectivity index (χ1n) is 16.0. The van der Waals surface area contributed by atoms with Crippen molar-refractivity contribution in [3.8, 4) is 0 Å². The molecule has 0 aliphatic carbocycles. The zero-order valence-electron chi connectivity index (χ0n) is 31.1. The molecule has 0 atom stereocenters. The summed E-state index contributed by atoms with van der Waals surface area (Å²) in [5.74, 6) is 0. The Balaban J connectivity index is -0.000000109. The lowest BCUT2D eigenvalue weighted by Crippen LogP contribution is -2.07. The Hall–Kier alpha value is -1.89. The van der Waals surface area contributed by atoms with Gasteiger partial charge in [0, 0.05) is 5.71 Å². The van der Waals surface area contributed by atoms with Crippen LogP contribution >= 0.6 is 0 Å². The van der Waals surface area contributed by atoms with E-state index in [0.717, 1.165) is 12.0 Å². The SMILES string of the molecule is C=C(/C=C(\C)C(C)(C)C)C(C)=N.CC.CC.CC.CC.CC.CCC/C(C)=C(\CC)c1cc(C)cc(C)c1C. The molecule has 0 amide bonds. The summed E-state index contributed by atoms with van der Waals surface area (Å²) < 4.78 is 0. The van der Waals surface area contributed by atoms with Crippen LogP contribution in [-0.4, -0.2) is 5.71 Å². The summed E-state index contributed by atoms with van der Waals surface area (Å²) in [6.07, 6.45) is 5.58. The molecule has 1 aromatic rings. The smallest absolute Gasteiger partial charge is 0.0349 e. The van der Waals surface area contributed by atoms with Crippen LogP contribution in [0.15, 0.2) is 41.5 Å². The van der Waals surface area contributed by atoms with Gasteiger partial charge in [0.25, 0.3) is 0 Å². The van der Waals surface area contributed by atoms with Crippen molar-refractivity contribution in [2.45, 2.75) is 165 Å². The Morgan fingerprint density at radius 1 is 0.795 bits per heavy atom. The number of hydrogen-bond donors (Lipinski definition) is 1. The van der Waals surface area contributed by atoms with E-state index >= 15 is 0 Å². The van der Waals surface area contributed by atoms with E-state index in [9.17, 15) is 0 Å². The van der Waals surface area contributed by atoms with Crippen LogP contribution in [0, 0.1) is 31.6 Å². The molecule has 0 unspecified atom stereocenters. The average molecular weight is 546 g/mol. The molecule has 0 aromatic heterocycles. The fourth-order valence-electron chi connectivity index (χ4n) is 3.19. The number of aryl methyl sites for hydroxylation is 2. The van der Waals surface area contributed by atoms with Crippen LogP contribution in [0.1, 0.15) is 166 Å². The second-order valence-electron chi connectivity index (χ2n) is 9.34. The van der Waals surface area contributed by atoms with E-state index in [1.54, 1.807) is 18.1 Å². The van der Waals surface area contributed by atoms with Crippen molar-refractivity contribution in [1.29, 1.82) is 5.41 Å². The molecule has 1 aromatic carbocycles. The number of benzene rings is 1. The highest BCUT2D eigenvalue weighted by Gasteiger charge is 2.12. The summed E-state index contributed by atoms with van der Waals surface area (Å²) in [5, 5.41) is 7.35. The van der Waals surface area contributed by atoms with Crippen molar-refractivity contribution >= 4 is 11.3 Å². The molecule has 0 heterocycles. The topological polar surface area (TPSA) is 23.9 Å². The summed E-state index contributed by atoms with van der Waals surface area (Å²) in [4.78, 5) is 0. The fourth-order valence-corrected chi connectivity index (χ4v) is 3.19. The van der Waals surface area contributed by atoms with Crippen molar-refractivity contribution in [3.05, 3.63) is 63.8 Å². The molecule has 0 spiro atoms. The van der Waals surface area contributed by atoms with Crippen LogP contribution in [-0.2, 0) is 0 Å². The van der Waals surface area contributed by atoms with Gasteiger partial charge >= 0.3 is 0 Å². The normalized spacial score (nSPS) is 10.2. The molecule has 0 fully saturated rings. The van der Waals surface area contributed by atoms with Gasteiger partial charge in [0.1, 0.15) is 0 Å². The number of allylic oxidation sites excluding steroid dienone is 5. The lowest BCUT2D eigenvalue weighted by molar-refractivity contribution is 0.504. The summed E-state index contributed by atoms with van der Waals surface area (Å²) in [5.41, 5.74) is 11.6. The predicted molar refractivity (Wildman–Crippen MR) is 191 cm³/mol. The minimum atomic E-state index is 0.179. The third-order valence-corrected chi connectivity index (χ3v) is 5.69. The highest BCUT2D eigenvalue weighted by molar-refractivity contribution is 5.97. The molecule has 0 saturated carbocycles. The van der Waals surface area contributed by atoms with E-state index in [1.807, 2.05) is 75.3 Å². The van der Waals surface area contributed by atoms with Gasteiger partial charge in [0.2, 0.25) is 0 Å². The van der Waals surface area contributed by atoms with E-state index in [-0.39, 0.29) is 5.41 Å². The monoisotopic (exact) mass is 546 g/mol. The second-order valence-corrected chi connectivity index (χ2v) is 9.34. The Labute approximate surface area is 250 Å². The minimum Gasteiger partial charge on any atom is -0.305 e. The summed E-state index contributed by atoms with van der Waals surface area (Å²) >= 11 is 0.